The number of rotatable bonds is 1. The molecule has 114 valence electrons. The molecule has 4 rings (SSSR count). The third-order valence-electron chi connectivity index (χ3n) is 5.38. The number of hydrogen-bond donors (Lipinski definition) is 0. The van der Waals surface area contributed by atoms with E-state index in [9.17, 15) is 0 Å². The van der Waals surface area contributed by atoms with Crippen LogP contribution < -0.4 is 0 Å². The molecule has 0 saturated carbocycles. The summed E-state index contributed by atoms with van der Waals surface area (Å²) in [6, 6.07) is 7.35. The van der Waals surface area contributed by atoms with Crippen molar-refractivity contribution in [2.75, 3.05) is 26.3 Å². The summed E-state index contributed by atoms with van der Waals surface area (Å²) < 4.78 is 12.9. The number of fused-ring (bicyclic) bond motifs is 2. The first kappa shape index (κ1) is 14.2. The van der Waals surface area contributed by atoms with Gasteiger partial charge in [-0.3, -0.25) is 4.90 Å². The maximum absolute atomic E-state index is 6.27. The van der Waals surface area contributed by atoms with E-state index in [-0.39, 0.29) is 5.60 Å². The van der Waals surface area contributed by atoms with E-state index < -0.39 is 0 Å². The fourth-order valence-corrected chi connectivity index (χ4v) is 4.54. The highest BCUT2D eigenvalue weighted by Gasteiger charge is 2.43. The van der Waals surface area contributed by atoms with Gasteiger partial charge in [0.25, 0.3) is 0 Å². The van der Waals surface area contributed by atoms with Crippen molar-refractivity contribution in [2.45, 2.75) is 43.9 Å². The van der Waals surface area contributed by atoms with Crippen LogP contribution in [0, 0.1) is 0 Å². The second kappa shape index (κ2) is 5.65. The lowest BCUT2D eigenvalue weighted by molar-refractivity contribution is -0.0905. The lowest BCUT2D eigenvalue weighted by atomic mass is 9.83. The quantitative estimate of drug-likeness (QED) is 0.773. The Kier molecular flexibility index (Phi) is 3.82. The van der Waals surface area contributed by atoms with Crippen molar-refractivity contribution in [3.8, 4) is 0 Å². The van der Waals surface area contributed by atoms with Crippen LogP contribution in [0.2, 0.25) is 0 Å². The standard InChI is InChI=1S/C17H22BrNO2/c18-14-1-2-16-13(11-14)12-21-17(16)5-7-19(8-6-17)15-3-9-20-10-4-15/h1-2,11,15H,3-10,12H2. The van der Waals surface area contributed by atoms with Gasteiger partial charge in [0.05, 0.1) is 12.2 Å². The van der Waals surface area contributed by atoms with Crippen LogP contribution in [0.4, 0.5) is 0 Å². The van der Waals surface area contributed by atoms with Gasteiger partial charge in [0.15, 0.2) is 0 Å². The second-order valence-corrected chi connectivity index (χ2v) is 7.38. The van der Waals surface area contributed by atoms with Crippen LogP contribution in [0.3, 0.4) is 0 Å². The van der Waals surface area contributed by atoms with Gasteiger partial charge in [0, 0.05) is 36.8 Å². The molecule has 21 heavy (non-hydrogen) atoms. The number of benzene rings is 1. The second-order valence-electron chi connectivity index (χ2n) is 6.46. The first-order valence-corrected chi connectivity index (χ1v) is 8.81. The zero-order chi connectivity index (χ0) is 14.3. The number of piperidine rings is 1. The summed E-state index contributed by atoms with van der Waals surface area (Å²) in [7, 11) is 0. The van der Waals surface area contributed by atoms with Gasteiger partial charge in [-0.15, -0.1) is 0 Å². The lowest BCUT2D eigenvalue weighted by Gasteiger charge is -2.43. The van der Waals surface area contributed by atoms with Crippen molar-refractivity contribution < 1.29 is 9.47 Å². The average Bonchev–Trinajstić information content (AvgIpc) is 2.87. The highest BCUT2D eigenvalue weighted by Crippen LogP contribution is 2.45. The van der Waals surface area contributed by atoms with Gasteiger partial charge in [-0.2, -0.15) is 0 Å². The monoisotopic (exact) mass is 351 g/mol. The van der Waals surface area contributed by atoms with Crippen LogP contribution in [-0.4, -0.2) is 37.2 Å². The van der Waals surface area contributed by atoms with Gasteiger partial charge >= 0.3 is 0 Å². The molecule has 0 unspecified atom stereocenters. The molecule has 0 bridgehead atoms. The number of nitrogens with zero attached hydrogens (tertiary/aromatic N) is 1. The number of likely N-dealkylation sites (tertiary alicyclic amines) is 1. The van der Waals surface area contributed by atoms with Gasteiger partial charge in [0.2, 0.25) is 0 Å². The maximum atomic E-state index is 6.27. The largest absolute Gasteiger partial charge is 0.381 e. The molecule has 0 aromatic heterocycles. The molecule has 3 aliphatic heterocycles. The summed E-state index contributed by atoms with van der Waals surface area (Å²) in [6.45, 7) is 4.94. The van der Waals surface area contributed by atoms with Crippen molar-refractivity contribution in [1.82, 2.24) is 4.90 Å². The molecule has 0 radical (unpaired) electrons. The Balaban J connectivity index is 1.48. The van der Waals surface area contributed by atoms with E-state index in [1.54, 1.807) is 0 Å². The Hall–Kier alpha value is -0.420. The minimum Gasteiger partial charge on any atom is -0.381 e. The van der Waals surface area contributed by atoms with Gasteiger partial charge in [-0.1, -0.05) is 22.0 Å². The third kappa shape index (κ3) is 2.56. The van der Waals surface area contributed by atoms with Crippen LogP contribution in [0.1, 0.15) is 36.8 Å². The number of halogens is 1. The number of hydrogen-bond acceptors (Lipinski definition) is 3. The summed E-state index contributed by atoms with van der Waals surface area (Å²) in [5.41, 5.74) is 2.78. The van der Waals surface area contributed by atoms with Crippen molar-refractivity contribution >= 4 is 15.9 Å². The predicted molar refractivity (Wildman–Crippen MR) is 85.3 cm³/mol. The first-order chi connectivity index (χ1) is 10.3. The van der Waals surface area contributed by atoms with Crippen molar-refractivity contribution in [1.29, 1.82) is 0 Å². The molecule has 4 heteroatoms. The molecule has 2 fully saturated rings. The first-order valence-electron chi connectivity index (χ1n) is 8.01. The maximum Gasteiger partial charge on any atom is 0.0963 e. The normalized spacial score (nSPS) is 26.1. The summed E-state index contributed by atoms with van der Waals surface area (Å²) in [5.74, 6) is 0. The summed E-state index contributed by atoms with van der Waals surface area (Å²) in [4.78, 5) is 2.66. The zero-order valence-corrected chi connectivity index (χ0v) is 13.9. The van der Waals surface area contributed by atoms with Crippen molar-refractivity contribution in [3.63, 3.8) is 0 Å². The van der Waals surface area contributed by atoms with Crippen molar-refractivity contribution in [2.24, 2.45) is 0 Å². The average molecular weight is 352 g/mol. The molecule has 0 atom stereocenters. The summed E-state index contributed by atoms with van der Waals surface area (Å²) >= 11 is 3.56. The van der Waals surface area contributed by atoms with Crippen LogP contribution >= 0.6 is 15.9 Å². The molecule has 1 aromatic carbocycles. The van der Waals surface area contributed by atoms with E-state index >= 15 is 0 Å². The molecule has 0 N–H and O–H groups in total. The van der Waals surface area contributed by atoms with E-state index in [1.807, 2.05) is 0 Å². The molecule has 3 aliphatic rings. The molecule has 0 amide bonds. The summed E-state index contributed by atoms with van der Waals surface area (Å²) in [5, 5.41) is 0. The van der Waals surface area contributed by atoms with E-state index in [1.165, 1.54) is 24.0 Å². The van der Waals surface area contributed by atoms with Crippen LogP contribution in [0.5, 0.6) is 0 Å². The van der Waals surface area contributed by atoms with E-state index in [2.05, 4.69) is 39.0 Å². The Labute approximate surface area is 134 Å². The summed E-state index contributed by atoms with van der Waals surface area (Å²) in [6.07, 6.45) is 4.63. The van der Waals surface area contributed by atoms with Gasteiger partial charge in [-0.25, -0.2) is 0 Å². The molecular weight excluding hydrogens is 330 g/mol. The Morgan fingerprint density at radius 1 is 1.14 bits per heavy atom. The molecular formula is C17H22BrNO2. The highest BCUT2D eigenvalue weighted by molar-refractivity contribution is 9.10. The fourth-order valence-electron chi connectivity index (χ4n) is 4.13. The molecule has 0 aliphatic carbocycles. The van der Waals surface area contributed by atoms with Gasteiger partial charge in [-0.05, 0) is 48.9 Å². The van der Waals surface area contributed by atoms with Gasteiger partial charge < -0.3 is 9.47 Å². The van der Waals surface area contributed by atoms with Crippen molar-refractivity contribution in [3.05, 3.63) is 33.8 Å². The predicted octanol–water partition coefficient (Wildman–Crippen LogP) is 3.45. The third-order valence-corrected chi connectivity index (χ3v) is 5.87. The minimum absolute atomic E-state index is 0.0162. The SMILES string of the molecule is Brc1ccc2c(c1)COC21CCN(C2CCOCC2)CC1. The Morgan fingerprint density at radius 3 is 2.67 bits per heavy atom. The highest BCUT2D eigenvalue weighted by atomic mass is 79.9. The smallest absolute Gasteiger partial charge is 0.0963 e. The van der Waals surface area contributed by atoms with Gasteiger partial charge in [0.1, 0.15) is 0 Å². The van der Waals surface area contributed by atoms with E-state index in [0.29, 0.717) is 0 Å². The van der Waals surface area contributed by atoms with Crippen LogP contribution in [-0.2, 0) is 21.7 Å². The topological polar surface area (TPSA) is 21.7 Å². The molecule has 1 aromatic rings. The van der Waals surface area contributed by atoms with E-state index in [4.69, 9.17) is 9.47 Å². The lowest BCUT2D eigenvalue weighted by Crippen LogP contribution is -2.48. The van der Waals surface area contributed by atoms with E-state index in [0.717, 1.165) is 56.3 Å². The fraction of sp³-hybridized carbons (Fsp3) is 0.647. The number of ether oxygens (including phenoxy) is 2. The molecule has 3 nitrogen and oxygen atoms in total. The Bertz CT molecular complexity index is 520. The van der Waals surface area contributed by atoms with Crippen LogP contribution in [0.25, 0.3) is 0 Å². The minimum atomic E-state index is -0.0162. The Morgan fingerprint density at radius 2 is 1.90 bits per heavy atom. The van der Waals surface area contributed by atoms with Crippen LogP contribution in [0.15, 0.2) is 22.7 Å². The molecule has 1 spiro atoms. The molecule has 2 saturated heterocycles. The molecule has 3 heterocycles. The zero-order valence-electron chi connectivity index (χ0n) is 12.3.